The van der Waals surface area contributed by atoms with Crippen molar-refractivity contribution in [2.45, 2.75) is 71.1 Å². The summed E-state index contributed by atoms with van der Waals surface area (Å²) in [4.78, 5) is 18.7. The maximum absolute atomic E-state index is 11.9. The Bertz CT molecular complexity index is 738. The Morgan fingerprint density at radius 3 is 2.68 bits per heavy atom. The average molecular weight is 544 g/mol. The number of methoxy groups -OCH3 is 1. The number of benzene rings is 1. The Hall–Kier alpha value is -1.71. The predicted molar refractivity (Wildman–Crippen MR) is 135 cm³/mol. The van der Waals surface area contributed by atoms with E-state index in [0.29, 0.717) is 13.0 Å². The molecule has 3 rings (SSSR count). The predicted octanol–water partition coefficient (Wildman–Crippen LogP) is 3.70. The fraction of sp³-hybridized carbons (Fsp3) is 0.652. The lowest BCUT2D eigenvalue weighted by Gasteiger charge is -2.19. The molecule has 0 spiro atoms. The van der Waals surface area contributed by atoms with Crippen molar-refractivity contribution in [2.75, 3.05) is 26.7 Å². The zero-order valence-electron chi connectivity index (χ0n) is 19.0. The molecule has 2 fully saturated rings. The molecule has 7 nitrogen and oxygen atoms in total. The number of amides is 1. The number of carbonyl (C=O) groups excluding carboxylic acids is 1. The Morgan fingerprint density at radius 1 is 1.23 bits per heavy atom. The highest BCUT2D eigenvalue weighted by atomic mass is 127. The van der Waals surface area contributed by atoms with E-state index in [2.05, 4.69) is 17.6 Å². The quantitative estimate of drug-likeness (QED) is 0.297. The van der Waals surface area contributed by atoms with Crippen LogP contribution in [-0.4, -0.2) is 55.7 Å². The Balaban J connectivity index is 0.00000341. The van der Waals surface area contributed by atoms with Gasteiger partial charge in [0.05, 0.1) is 19.8 Å². The summed E-state index contributed by atoms with van der Waals surface area (Å²) in [6, 6.07) is 6.18. The van der Waals surface area contributed by atoms with Crippen molar-refractivity contribution in [1.29, 1.82) is 0 Å². The van der Waals surface area contributed by atoms with Crippen LogP contribution in [0.4, 0.5) is 0 Å². The highest BCUT2D eigenvalue weighted by Gasteiger charge is 2.26. The van der Waals surface area contributed by atoms with Crippen molar-refractivity contribution in [2.24, 2.45) is 4.99 Å². The van der Waals surface area contributed by atoms with Crippen LogP contribution in [0, 0.1) is 0 Å². The van der Waals surface area contributed by atoms with Gasteiger partial charge in [-0.25, -0.2) is 4.99 Å². The summed E-state index contributed by atoms with van der Waals surface area (Å²) in [6.45, 7) is 6.81. The van der Waals surface area contributed by atoms with E-state index >= 15 is 0 Å². The van der Waals surface area contributed by atoms with Crippen LogP contribution in [0.2, 0.25) is 0 Å². The summed E-state index contributed by atoms with van der Waals surface area (Å²) < 4.78 is 11.7. The largest absolute Gasteiger partial charge is 0.497 e. The molecule has 2 N–H and O–H groups in total. The minimum Gasteiger partial charge on any atom is -0.497 e. The molecule has 174 valence electrons. The number of nitrogens with one attached hydrogen (secondary N) is 2. The molecule has 1 unspecified atom stereocenters. The standard InChI is InChI=1S/C23H36N4O3.HI/c1-4-22(28)27-13-12-18(16-27)26-23(24-5-2)25-15-17-10-11-20(29-3)14-21(17)30-19-8-6-7-9-19;/h10-11,14,18-19H,4-9,12-13,15-16H2,1-3H3,(H2,24,25,26);1H. The van der Waals surface area contributed by atoms with Gasteiger partial charge < -0.3 is 25.0 Å². The second-order valence-electron chi connectivity index (χ2n) is 8.02. The topological polar surface area (TPSA) is 75.2 Å². The molecule has 2 aliphatic rings. The number of guanidine groups is 1. The van der Waals surface area contributed by atoms with Gasteiger partial charge in [0.15, 0.2) is 5.96 Å². The van der Waals surface area contributed by atoms with Crippen LogP contribution < -0.4 is 20.1 Å². The zero-order valence-corrected chi connectivity index (χ0v) is 21.3. The van der Waals surface area contributed by atoms with Gasteiger partial charge in [-0.05, 0) is 51.2 Å². The fourth-order valence-corrected chi connectivity index (χ4v) is 4.09. The monoisotopic (exact) mass is 544 g/mol. The van der Waals surface area contributed by atoms with Crippen LogP contribution >= 0.6 is 24.0 Å². The van der Waals surface area contributed by atoms with Crippen molar-refractivity contribution in [3.8, 4) is 11.5 Å². The van der Waals surface area contributed by atoms with Crippen molar-refractivity contribution < 1.29 is 14.3 Å². The molecule has 0 aromatic heterocycles. The van der Waals surface area contributed by atoms with Gasteiger partial charge in [0, 0.05) is 43.7 Å². The number of ether oxygens (including phenoxy) is 2. The Labute approximate surface area is 203 Å². The Kier molecular flexibility index (Phi) is 10.7. The molecule has 1 saturated heterocycles. The lowest BCUT2D eigenvalue weighted by atomic mass is 10.2. The molecular formula is C23H37IN4O3. The number of carbonyl (C=O) groups is 1. The smallest absolute Gasteiger partial charge is 0.222 e. The highest BCUT2D eigenvalue weighted by molar-refractivity contribution is 14.0. The molecule has 0 bridgehead atoms. The van der Waals surface area contributed by atoms with E-state index in [1.54, 1.807) is 7.11 Å². The van der Waals surface area contributed by atoms with Gasteiger partial charge in [0.25, 0.3) is 0 Å². The molecule has 1 aliphatic carbocycles. The number of hydrogen-bond acceptors (Lipinski definition) is 4. The summed E-state index contributed by atoms with van der Waals surface area (Å²) in [5, 5.41) is 6.81. The van der Waals surface area contributed by atoms with Crippen molar-refractivity contribution >= 4 is 35.8 Å². The van der Waals surface area contributed by atoms with E-state index in [1.165, 1.54) is 12.8 Å². The van der Waals surface area contributed by atoms with Gasteiger partial charge >= 0.3 is 0 Å². The van der Waals surface area contributed by atoms with E-state index < -0.39 is 0 Å². The highest BCUT2D eigenvalue weighted by Crippen LogP contribution is 2.30. The first-order valence-corrected chi connectivity index (χ1v) is 11.3. The molecule has 1 aliphatic heterocycles. The van der Waals surface area contributed by atoms with Gasteiger partial charge in [0.2, 0.25) is 5.91 Å². The third-order valence-electron chi connectivity index (χ3n) is 5.81. The number of likely N-dealkylation sites (tertiary alicyclic amines) is 1. The van der Waals surface area contributed by atoms with Gasteiger partial charge in [0.1, 0.15) is 11.5 Å². The maximum Gasteiger partial charge on any atom is 0.222 e. The minimum absolute atomic E-state index is 0. The number of nitrogens with zero attached hydrogens (tertiary/aromatic N) is 2. The van der Waals surface area contributed by atoms with Crippen LogP contribution in [0.3, 0.4) is 0 Å². The summed E-state index contributed by atoms with van der Waals surface area (Å²) >= 11 is 0. The molecule has 1 amide bonds. The molecule has 1 heterocycles. The average Bonchev–Trinajstić information content (AvgIpc) is 3.44. The first kappa shape index (κ1) is 25.5. The van der Waals surface area contributed by atoms with Crippen molar-refractivity contribution in [3.63, 3.8) is 0 Å². The summed E-state index contributed by atoms with van der Waals surface area (Å²) in [5.74, 6) is 2.65. The molecule has 0 radical (unpaired) electrons. The first-order valence-electron chi connectivity index (χ1n) is 11.3. The molecule has 1 aromatic rings. The maximum atomic E-state index is 11.9. The third kappa shape index (κ3) is 7.43. The third-order valence-corrected chi connectivity index (χ3v) is 5.81. The molecule has 1 saturated carbocycles. The van der Waals surface area contributed by atoms with Crippen LogP contribution in [-0.2, 0) is 11.3 Å². The van der Waals surface area contributed by atoms with Crippen molar-refractivity contribution in [3.05, 3.63) is 23.8 Å². The minimum atomic E-state index is 0. The molecule has 31 heavy (non-hydrogen) atoms. The van der Waals surface area contributed by atoms with E-state index in [-0.39, 0.29) is 42.0 Å². The second-order valence-corrected chi connectivity index (χ2v) is 8.02. The van der Waals surface area contributed by atoms with Crippen LogP contribution in [0.1, 0.15) is 57.9 Å². The molecule has 1 aromatic carbocycles. The molecular weight excluding hydrogens is 507 g/mol. The Morgan fingerprint density at radius 2 is 2.00 bits per heavy atom. The number of aliphatic imine (C=N–C) groups is 1. The van der Waals surface area contributed by atoms with Crippen LogP contribution in [0.5, 0.6) is 11.5 Å². The van der Waals surface area contributed by atoms with Gasteiger partial charge in [-0.3, -0.25) is 4.79 Å². The fourth-order valence-electron chi connectivity index (χ4n) is 4.09. The molecule has 1 atom stereocenters. The number of rotatable bonds is 8. The number of hydrogen-bond donors (Lipinski definition) is 2. The summed E-state index contributed by atoms with van der Waals surface area (Å²) in [7, 11) is 1.67. The van der Waals surface area contributed by atoms with Crippen molar-refractivity contribution in [1.82, 2.24) is 15.5 Å². The van der Waals surface area contributed by atoms with Crippen LogP contribution in [0.15, 0.2) is 23.2 Å². The van der Waals surface area contributed by atoms with Crippen LogP contribution in [0.25, 0.3) is 0 Å². The van der Waals surface area contributed by atoms with E-state index in [1.807, 2.05) is 30.0 Å². The van der Waals surface area contributed by atoms with Gasteiger partial charge in [-0.15, -0.1) is 24.0 Å². The molecule has 8 heteroatoms. The van der Waals surface area contributed by atoms with Gasteiger partial charge in [-0.2, -0.15) is 0 Å². The van der Waals surface area contributed by atoms with E-state index in [9.17, 15) is 4.79 Å². The second kappa shape index (κ2) is 13.0. The lowest BCUT2D eigenvalue weighted by molar-refractivity contribution is -0.129. The van der Waals surface area contributed by atoms with Gasteiger partial charge in [-0.1, -0.05) is 6.92 Å². The normalized spacial score (nSPS) is 19.1. The number of halogens is 1. The van der Waals surface area contributed by atoms with E-state index in [0.717, 1.165) is 61.9 Å². The zero-order chi connectivity index (χ0) is 21.3. The summed E-state index contributed by atoms with van der Waals surface area (Å²) in [6.07, 6.45) is 6.46. The first-order chi connectivity index (χ1) is 14.6. The SMILES string of the molecule is CCNC(=NCc1ccc(OC)cc1OC1CCCC1)NC1CCN(C(=O)CC)C1.I. The lowest BCUT2D eigenvalue weighted by Crippen LogP contribution is -2.45. The summed E-state index contributed by atoms with van der Waals surface area (Å²) in [5.41, 5.74) is 1.05. The van der Waals surface area contributed by atoms with E-state index in [4.69, 9.17) is 14.5 Å².